The summed E-state index contributed by atoms with van der Waals surface area (Å²) in [5, 5.41) is 3.26. The van der Waals surface area contributed by atoms with Crippen molar-refractivity contribution in [3.8, 4) is 0 Å². The normalized spacial score (nSPS) is 25.8. The van der Waals surface area contributed by atoms with Crippen molar-refractivity contribution >= 4 is 5.90 Å². The molecular weight excluding hydrogens is 128 g/mol. The molecule has 58 valence electrons. The zero-order chi connectivity index (χ0) is 7.40. The molecule has 0 radical (unpaired) electrons. The van der Waals surface area contributed by atoms with Crippen molar-refractivity contribution in [1.29, 1.82) is 0 Å². The summed E-state index contributed by atoms with van der Waals surface area (Å²) in [5.74, 6) is 0.855. The Balaban J connectivity index is 2.44. The van der Waals surface area contributed by atoms with Gasteiger partial charge in [-0.1, -0.05) is 0 Å². The van der Waals surface area contributed by atoms with E-state index in [2.05, 4.69) is 17.2 Å². The van der Waals surface area contributed by atoms with Crippen LogP contribution in [0.15, 0.2) is 4.99 Å². The second kappa shape index (κ2) is 3.56. The third-order valence-electron chi connectivity index (χ3n) is 1.49. The van der Waals surface area contributed by atoms with Gasteiger partial charge in [-0.25, -0.2) is 0 Å². The molecule has 0 spiro atoms. The van der Waals surface area contributed by atoms with E-state index in [4.69, 9.17) is 4.74 Å². The van der Waals surface area contributed by atoms with Crippen molar-refractivity contribution in [2.24, 2.45) is 4.99 Å². The van der Waals surface area contributed by atoms with Crippen LogP contribution in [0.25, 0.3) is 0 Å². The molecule has 0 bridgehead atoms. The van der Waals surface area contributed by atoms with Gasteiger partial charge in [0.2, 0.25) is 5.90 Å². The first-order valence-electron chi connectivity index (χ1n) is 3.75. The predicted molar refractivity (Wildman–Crippen MR) is 41.4 cm³/mol. The molecule has 0 amide bonds. The molecule has 0 aliphatic carbocycles. The van der Waals surface area contributed by atoms with Crippen LogP contribution in [0.5, 0.6) is 0 Å². The smallest absolute Gasteiger partial charge is 0.200 e. The van der Waals surface area contributed by atoms with Gasteiger partial charge in [0.05, 0.1) is 19.2 Å². The Bertz CT molecular complexity index is 134. The molecule has 1 rings (SSSR count). The molecule has 0 saturated carbocycles. The number of aliphatic imine (C=N–C) groups is 1. The van der Waals surface area contributed by atoms with E-state index in [0.717, 1.165) is 19.0 Å². The summed E-state index contributed by atoms with van der Waals surface area (Å²) in [6.07, 6.45) is 0. The van der Waals surface area contributed by atoms with Gasteiger partial charge in [0.1, 0.15) is 0 Å². The minimum Gasteiger partial charge on any atom is -0.480 e. The van der Waals surface area contributed by atoms with Crippen LogP contribution in [-0.4, -0.2) is 31.6 Å². The Labute approximate surface area is 61.5 Å². The lowest BCUT2D eigenvalue weighted by molar-refractivity contribution is 0.299. The van der Waals surface area contributed by atoms with E-state index in [1.54, 1.807) is 0 Å². The van der Waals surface area contributed by atoms with Crippen LogP contribution in [0.3, 0.4) is 0 Å². The number of rotatable bonds is 1. The standard InChI is InChI=1S/C7H14N2O/c1-3-10-7-6(2)8-4-5-9-7/h6,8H,3-5H2,1-2H3. The van der Waals surface area contributed by atoms with Crippen LogP contribution in [-0.2, 0) is 4.74 Å². The molecule has 1 N–H and O–H groups in total. The van der Waals surface area contributed by atoms with Crippen LogP contribution in [0.1, 0.15) is 13.8 Å². The van der Waals surface area contributed by atoms with Crippen LogP contribution in [0.2, 0.25) is 0 Å². The molecule has 0 aromatic heterocycles. The highest BCUT2D eigenvalue weighted by Crippen LogP contribution is 1.95. The van der Waals surface area contributed by atoms with E-state index < -0.39 is 0 Å². The SMILES string of the molecule is CCOC1=NCCNC1C. The van der Waals surface area contributed by atoms with E-state index in [0.29, 0.717) is 12.6 Å². The van der Waals surface area contributed by atoms with Crippen LogP contribution in [0, 0.1) is 0 Å². The van der Waals surface area contributed by atoms with Crippen LogP contribution in [0.4, 0.5) is 0 Å². The summed E-state index contributed by atoms with van der Waals surface area (Å²) >= 11 is 0. The summed E-state index contributed by atoms with van der Waals surface area (Å²) in [6, 6.07) is 0.300. The van der Waals surface area contributed by atoms with Crippen molar-refractivity contribution in [3.05, 3.63) is 0 Å². The fourth-order valence-corrected chi connectivity index (χ4v) is 0.990. The minimum absolute atomic E-state index is 0.300. The number of hydrogen-bond donors (Lipinski definition) is 1. The molecule has 1 unspecified atom stereocenters. The van der Waals surface area contributed by atoms with Gasteiger partial charge in [0.25, 0.3) is 0 Å². The Hall–Kier alpha value is -0.570. The topological polar surface area (TPSA) is 33.6 Å². The zero-order valence-corrected chi connectivity index (χ0v) is 6.55. The molecule has 3 heteroatoms. The van der Waals surface area contributed by atoms with Crippen molar-refractivity contribution in [3.63, 3.8) is 0 Å². The fourth-order valence-electron chi connectivity index (χ4n) is 0.990. The van der Waals surface area contributed by atoms with Gasteiger partial charge in [0, 0.05) is 6.54 Å². The van der Waals surface area contributed by atoms with Gasteiger partial charge >= 0.3 is 0 Å². The maximum atomic E-state index is 5.28. The number of nitrogens with one attached hydrogen (secondary N) is 1. The van der Waals surface area contributed by atoms with Gasteiger partial charge in [0.15, 0.2) is 0 Å². The average molecular weight is 142 g/mol. The first-order valence-corrected chi connectivity index (χ1v) is 3.75. The molecule has 1 atom stereocenters. The maximum absolute atomic E-state index is 5.28. The van der Waals surface area contributed by atoms with Gasteiger partial charge in [-0.3, -0.25) is 4.99 Å². The molecule has 0 saturated heterocycles. The molecular formula is C7H14N2O. The summed E-state index contributed by atoms with van der Waals surface area (Å²) < 4.78 is 5.28. The Morgan fingerprint density at radius 2 is 2.60 bits per heavy atom. The molecule has 1 aliphatic rings. The summed E-state index contributed by atoms with van der Waals surface area (Å²) in [6.45, 7) is 6.57. The van der Waals surface area contributed by atoms with E-state index >= 15 is 0 Å². The quantitative estimate of drug-likeness (QED) is 0.575. The number of hydrogen-bond acceptors (Lipinski definition) is 3. The zero-order valence-electron chi connectivity index (χ0n) is 6.55. The highest BCUT2D eigenvalue weighted by Gasteiger charge is 2.13. The van der Waals surface area contributed by atoms with Crippen molar-refractivity contribution in [2.45, 2.75) is 19.9 Å². The third-order valence-corrected chi connectivity index (χ3v) is 1.49. The lowest BCUT2D eigenvalue weighted by Crippen LogP contribution is -2.41. The monoisotopic (exact) mass is 142 g/mol. The lowest BCUT2D eigenvalue weighted by atomic mass is 10.3. The highest BCUT2D eigenvalue weighted by molar-refractivity contribution is 5.81. The summed E-state index contributed by atoms with van der Waals surface area (Å²) in [5.41, 5.74) is 0. The van der Waals surface area contributed by atoms with E-state index in [1.807, 2.05) is 6.92 Å². The molecule has 1 aliphatic heterocycles. The van der Waals surface area contributed by atoms with Gasteiger partial charge < -0.3 is 10.1 Å². The fraction of sp³-hybridized carbons (Fsp3) is 0.857. The maximum Gasteiger partial charge on any atom is 0.200 e. The Morgan fingerprint density at radius 3 is 3.20 bits per heavy atom. The van der Waals surface area contributed by atoms with Gasteiger partial charge in [-0.15, -0.1) is 0 Å². The minimum atomic E-state index is 0.300. The van der Waals surface area contributed by atoms with Crippen LogP contribution < -0.4 is 5.32 Å². The van der Waals surface area contributed by atoms with Crippen LogP contribution >= 0.6 is 0 Å². The van der Waals surface area contributed by atoms with Gasteiger partial charge in [-0.2, -0.15) is 0 Å². The largest absolute Gasteiger partial charge is 0.480 e. The number of nitrogens with zero attached hydrogens (tertiary/aromatic N) is 1. The lowest BCUT2D eigenvalue weighted by Gasteiger charge is -2.20. The molecule has 0 aromatic carbocycles. The average Bonchev–Trinajstić information content (AvgIpc) is 1.94. The van der Waals surface area contributed by atoms with E-state index in [-0.39, 0.29) is 0 Å². The van der Waals surface area contributed by atoms with Crippen molar-refractivity contribution < 1.29 is 4.74 Å². The molecule has 1 heterocycles. The Morgan fingerprint density at radius 1 is 1.80 bits per heavy atom. The summed E-state index contributed by atoms with van der Waals surface area (Å²) in [4.78, 5) is 4.23. The summed E-state index contributed by atoms with van der Waals surface area (Å²) in [7, 11) is 0. The number of ether oxygens (including phenoxy) is 1. The van der Waals surface area contributed by atoms with E-state index in [9.17, 15) is 0 Å². The molecule has 0 fully saturated rings. The molecule has 0 aromatic rings. The first-order chi connectivity index (χ1) is 4.84. The van der Waals surface area contributed by atoms with Gasteiger partial charge in [-0.05, 0) is 13.8 Å². The van der Waals surface area contributed by atoms with Crippen molar-refractivity contribution in [2.75, 3.05) is 19.7 Å². The third kappa shape index (κ3) is 1.70. The molecule has 10 heavy (non-hydrogen) atoms. The molecule has 3 nitrogen and oxygen atoms in total. The first kappa shape index (κ1) is 7.54. The predicted octanol–water partition coefficient (Wildman–Crippen LogP) is 0.413. The second-order valence-corrected chi connectivity index (χ2v) is 2.33. The highest BCUT2D eigenvalue weighted by atomic mass is 16.5. The van der Waals surface area contributed by atoms with Crippen molar-refractivity contribution in [1.82, 2.24) is 5.32 Å². The van der Waals surface area contributed by atoms with E-state index in [1.165, 1.54) is 0 Å². The Kier molecular flexibility index (Phi) is 2.68. The second-order valence-electron chi connectivity index (χ2n) is 2.33.